The summed E-state index contributed by atoms with van der Waals surface area (Å²) in [5.41, 5.74) is 2.04. The van der Waals surface area contributed by atoms with Crippen LogP contribution in [0.25, 0.3) is 0 Å². The van der Waals surface area contributed by atoms with Gasteiger partial charge in [-0.15, -0.1) is 0 Å². The highest BCUT2D eigenvalue weighted by atomic mass is 35.5. The van der Waals surface area contributed by atoms with E-state index in [4.69, 9.17) is 11.6 Å². The van der Waals surface area contributed by atoms with Crippen molar-refractivity contribution in [3.05, 3.63) is 52.2 Å². The summed E-state index contributed by atoms with van der Waals surface area (Å²) in [6, 6.07) is 9.96. The molecule has 0 aliphatic carbocycles. The predicted octanol–water partition coefficient (Wildman–Crippen LogP) is 2.57. The summed E-state index contributed by atoms with van der Waals surface area (Å²) in [4.78, 5) is 17.7. The van der Waals surface area contributed by atoms with Crippen molar-refractivity contribution in [1.29, 1.82) is 5.26 Å². The summed E-state index contributed by atoms with van der Waals surface area (Å²) in [5, 5.41) is 32.9. The Morgan fingerprint density at radius 1 is 1.41 bits per heavy atom. The summed E-state index contributed by atoms with van der Waals surface area (Å²) >= 11 is 6.00. The first-order chi connectivity index (χ1) is 12.9. The molecule has 0 fully saturated rings. The zero-order valence-corrected chi connectivity index (χ0v) is 15.6. The molecular formula is C19H19ClN4O3. The average Bonchev–Trinajstić information content (AvgIpc) is 2.66. The molecule has 7 nitrogen and oxygen atoms in total. The van der Waals surface area contributed by atoms with E-state index in [1.165, 1.54) is 11.8 Å². The average molecular weight is 387 g/mol. The van der Waals surface area contributed by atoms with Crippen LogP contribution in [0.15, 0.2) is 30.3 Å². The van der Waals surface area contributed by atoms with Crippen molar-refractivity contribution in [2.45, 2.75) is 32.7 Å². The number of aliphatic hydroxyl groups excluding tert-OH is 2. The third kappa shape index (κ3) is 3.47. The van der Waals surface area contributed by atoms with Crippen LogP contribution in [0.3, 0.4) is 0 Å². The van der Waals surface area contributed by atoms with Gasteiger partial charge in [0.05, 0.1) is 40.7 Å². The first kappa shape index (κ1) is 19.1. The molecule has 1 aliphatic heterocycles. The van der Waals surface area contributed by atoms with Gasteiger partial charge in [0.2, 0.25) is 5.91 Å². The molecule has 3 rings (SSSR count). The number of carbonyl (C=O) groups excluding carboxylic acids is 1. The van der Waals surface area contributed by atoms with Crippen molar-refractivity contribution in [3.8, 4) is 6.07 Å². The third-order valence-electron chi connectivity index (χ3n) is 4.72. The van der Waals surface area contributed by atoms with E-state index in [0.717, 1.165) is 0 Å². The van der Waals surface area contributed by atoms with E-state index >= 15 is 0 Å². The van der Waals surface area contributed by atoms with E-state index in [0.29, 0.717) is 33.3 Å². The fourth-order valence-electron chi connectivity index (χ4n) is 3.33. The number of halogens is 1. The number of aliphatic hydroxyl groups is 2. The molecule has 0 bridgehead atoms. The minimum Gasteiger partial charge on any atom is -0.390 e. The molecule has 1 amide bonds. The molecule has 3 atom stereocenters. The lowest BCUT2D eigenvalue weighted by Gasteiger charge is -2.42. The zero-order valence-electron chi connectivity index (χ0n) is 14.8. The van der Waals surface area contributed by atoms with Crippen LogP contribution in [-0.4, -0.2) is 27.3 Å². The van der Waals surface area contributed by atoms with Crippen LogP contribution in [0.1, 0.15) is 36.7 Å². The van der Waals surface area contributed by atoms with E-state index in [-0.39, 0.29) is 18.4 Å². The summed E-state index contributed by atoms with van der Waals surface area (Å²) in [5.74, 6) is -0.201. The van der Waals surface area contributed by atoms with Gasteiger partial charge in [0, 0.05) is 12.8 Å². The van der Waals surface area contributed by atoms with Gasteiger partial charge < -0.3 is 15.5 Å². The summed E-state index contributed by atoms with van der Waals surface area (Å²) in [7, 11) is 0. The van der Waals surface area contributed by atoms with Gasteiger partial charge in [-0.3, -0.25) is 9.69 Å². The lowest BCUT2D eigenvalue weighted by molar-refractivity contribution is -0.119. The Morgan fingerprint density at radius 3 is 2.78 bits per heavy atom. The Morgan fingerprint density at radius 2 is 2.15 bits per heavy atom. The molecule has 0 saturated carbocycles. The largest absolute Gasteiger partial charge is 0.390 e. The number of benzene rings is 1. The van der Waals surface area contributed by atoms with Crippen molar-refractivity contribution >= 4 is 29.0 Å². The van der Waals surface area contributed by atoms with E-state index < -0.39 is 12.3 Å². The van der Waals surface area contributed by atoms with Gasteiger partial charge in [-0.05, 0) is 35.9 Å². The maximum absolute atomic E-state index is 12.1. The van der Waals surface area contributed by atoms with Crippen molar-refractivity contribution in [2.24, 2.45) is 5.92 Å². The van der Waals surface area contributed by atoms with Gasteiger partial charge in [-0.1, -0.05) is 18.5 Å². The van der Waals surface area contributed by atoms with Crippen LogP contribution < -0.4 is 10.2 Å². The molecule has 1 aliphatic rings. The van der Waals surface area contributed by atoms with Crippen LogP contribution in [0, 0.1) is 17.2 Å². The van der Waals surface area contributed by atoms with Crippen molar-refractivity contribution in [2.75, 3.05) is 10.2 Å². The Bertz CT molecular complexity index is 928. The number of rotatable bonds is 3. The van der Waals surface area contributed by atoms with Gasteiger partial charge in [-0.25, -0.2) is 4.98 Å². The number of aromatic nitrogens is 1. The summed E-state index contributed by atoms with van der Waals surface area (Å²) in [6.45, 7) is 2.90. The normalized spacial score (nSPS) is 21.3. The number of fused-ring (bicyclic) bond motifs is 1. The van der Waals surface area contributed by atoms with E-state index in [2.05, 4.69) is 16.4 Å². The molecule has 8 heteroatoms. The number of nitrogens with zero attached hydrogens (tertiary/aromatic N) is 3. The van der Waals surface area contributed by atoms with Crippen molar-refractivity contribution in [1.82, 2.24) is 4.98 Å². The number of hydrogen-bond donors (Lipinski definition) is 3. The monoisotopic (exact) mass is 386 g/mol. The van der Waals surface area contributed by atoms with E-state index in [9.17, 15) is 20.3 Å². The van der Waals surface area contributed by atoms with Crippen molar-refractivity contribution < 1.29 is 15.0 Å². The van der Waals surface area contributed by atoms with Crippen LogP contribution in [0.5, 0.6) is 0 Å². The number of nitrogens with one attached hydrogen (secondary N) is 1. The highest BCUT2D eigenvalue weighted by Crippen LogP contribution is 2.42. The second-order valence-electron chi connectivity index (χ2n) is 6.45. The standard InChI is InChI=1S/C19H19ClN4O3/c1-10-18(23-17-6-4-14(20)15(9-25)22-17)13-7-12(8-21)3-5-16(13)24(11(2)26)19(10)27/h3-7,10,18-19,25,27H,9H2,1-2H3,(H,22,23)/t10-,18-,19+/m1/s1. The molecule has 3 N–H and O–H groups in total. The second kappa shape index (κ2) is 7.53. The molecule has 140 valence electrons. The number of anilines is 2. The van der Waals surface area contributed by atoms with Gasteiger partial charge in [0.25, 0.3) is 0 Å². The van der Waals surface area contributed by atoms with E-state index in [1.807, 2.05) is 6.92 Å². The smallest absolute Gasteiger partial charge is 0.225 e. The van der Waals surface area contributed by atoms with E-state index in [1.54, 1.807) is 30.3 Å². The Hall–Kier alpha value is -2.66. The lowest BCUT2D eigenvalue weighted by Crippen LogP contribution is -2.50. The Labute approximate surface area is 161 Å². The number of hydrogen-bond acceptors (Lipinski definition) is 6. The van der Waals surface area contributed by atoms with Crippen LogP contribution >= 0.6 is 11.6 Å². The Balaban J connectivity index is 2.08. The molecule has 27 heavy (non-hydrogen) atoms. The molecule has 0 unspecified atom stereocenters. The molecule has 1 aromatic heterocycles. The molecule has 1 aromatic carbocycles. The van der Waals surface area contributed by atoms with Crippen molar-refractivity contribution in [3.63, 3.8) is 0 Å². The predicted molar refractivity (Wildman–Crippen MR) is 101 cm³/mol. The molecule has 0 saturated heterocycles. The molecule has 2 aromatic rings. The quantitative estimate of drug-likeness (QED) is 0.747. The highest BCUT2D eigenvalue weighted by molar-refractivity contribution is 6.31. The van der Waals surface area contributed by atoms with Gasteiger partial charge in [-0.2, -0.15) is 5.26 Å². The third-order valence-corrected chi connectivity index (χ3v) is 5.07. The number of carbonyl (C=O) groups is 1. The molecule has 0 radical (unpaired) electrons. The van der Waals surface area contributed by atoms with Gasteiger partial charge in [0.15, 0.2) is 0 Å². The summed E-state index contributed by atoms with van der Waals surface area (Å²) in [6.07, 6.45) is -1.04. The maximum atomic E-state index is 12.1. The fourth-order valence-corrected chi connectivity index (χ4v) is 3.49. The lowest BCUT2D eigenvalue weighted by atomic mass is 9.85. The topological polar surface area (TPSA) is 109 Å². The summed E-state index contributed by atoms with van der Waals surface area (Å²) < 4.78 is 0. The zero-order chi connectivity index (χ0) is 19.7. The second-order valence-corrected chi connectivity index (χ2v) is 6.86. The first-order valence-electron chi connectivity index (χ1n) is 8.42. The molecule has 2 heterocycles. The molecular weight excluding hydrogens is 368 g/mol. The minimum atomic E-state index is -1.04. The Kier molecular flexibility index (Phi) is 5.33. The highest BCUT2D eigenvalue weighted by Gasteiger charge is 2.39. The fraction of sp³-hybridized carbons (Fsp3) is 0.316. The van der Waals surface area contributed by atoms with Gasteiger partial charge >= 0.3 is 0 Å². The number of amides is 1. The van der Waals surface area contributed by atoms with Crippen LogP contribution in [0.2, 0.25) is 5.02 Å². The first-order valence-corrected chi connectivity index (χ1v) is 8.80. The van der Waals surface area contributed by atoms with Crippen LogP contribution in [-0.2, 0) is 11.4 Å². The minimum absolute atomic E-state index is 0.286. The molecule has 0 spiro atoms. The number of pyridine rings is 1. The maximum Gasteiger partial charge on any atom is 0.225 e. The van der Waals surface area contributed by atoms with Gasteiger partial charge in [0.1, 0.15) is 12.0 Å². The van der Waals surface area contributed by atoms with Crippen LogP contribution in [0.4, 0.5) is 11.5 Å². The SMILES string of the molecule is CC(=O)N1c2ccc(C#N)cc2[C@H](Nc2ccc(Cl)c(CO)n2)[C@@H](C)[C@@H]1O. The number of nitriles is 1.